The van der Waals surface area contributed by atoms with Gasteiger partial charge in [-0.15, -0.1) is 0 Å². The molecule has 0 radical (unpaired) electrons. The molecule has 8 nitrogen and oxygen atoms in total. The third-order valence-electron chi connectivity index (χ3n) is 2.60. The number of anilines is 3. The molecule has 1 heterocycles. The van der Waals surface area contributed by atoms with Gasteiger partial charge in [0.05, 0.1) is 22.0 Å². The van der Waals surface area contributed by atoms with Crippen molar-refractivity contribution in [1.82, 2.24) is 4.98 Å². The summed E-state index contributed by atoms with van der Waals surface area (Å²) in [6.07, 6.45) is 1.11. The summed E-state index contributed by atoms with van der Waals surface area (Å²) in [5.74, 6) is 0.216. The molecule has 0 aliphatic heterocycles. The van der Waals surface area contributed by atoms with Crippen LogP contribution in [0.15, 0.2) is 41.3 Å². The van der Waals surface area contributed by atoms with Gasteiger partial charge in [-0.3, -0.25) is 10.1 Å². The van der Waals surface area contributed by atoms with E-state index in [2.05, 4.69) is 10.3 Å². The molecule has 1 aromatic carbocycles. The largest absolute Gasteiger partial charge is 0.383 e. The molecule has 0 spiro atoms. The SMILES string of the molecule is CS(=O)(=O)c1ccc(Nc2cc([N+](=O)[O-])cc(N)n2)cc1. The molecule has 0 fully saturated rings. The lowest BCUT2D eigenvalue weighted by atomic mass is 10.3. The average molecular weight is 308 g/mol. The quantitative estimate of drug-likeness (QED) is 0.650. The molecule has 110 valence electrons. The molecule has 9 heteroatoms. The smallest absolute Gasteiger partial charge is 0.276 e. The van der Waals surface area contributed by atoms with Crippen LogP contribution in [0, 0.1) is 10.1 Å². The van der Waals surface area contributed by atoms with E-state index in [1.807, 2.05) is 0 Å². The number of nitro groups is 1. The fourth-order valence-corrected chi connectivity index (χ4v) is 2.27. The van der Waals surface area contributed by atoms with E-state index >= 15 is 0 Å². The van der Waals surface area contributed by atoms with E-state index < -0.39 is 14.8 Å². The van der Waals surface area contributed by atoms with E-state index in [9.17, 15) is 18.5 Å². The van der Waals surface area contributed by atoms with Gasteiger partial charge in [0.2, 0.25) is 0 Å². The summed E-state index contributed by atoms with van der Waals surface area (Å²) < 4.78 is 22.7. The van der Waals surface area contributed by atoms with E-state index in [0.717, 1.165) is 12.3 Å². The van der Waals surface area contributed by atoms with Crippen LogP contribution < -0.4 is 11.1 Å². The fourth-order valence-electron chi connectivity index (χ4n) is 1.64. The molecule has 0 saturated carbocycles. The van der Waals surface area contributed by atoms with Crippen molar-refractivity contribution >= 4 is 32.8 Å². The maximum absolute atomic E-state index is 11.3. The Balaban J connectivity index is 2.28. The summed E-state index contributed by atoms with van der Waals surface area (Å²) in [5.41, 5.74) is 5.85. The predicted molar refractivity (Wildman–Crippen MR) is 78.1 cm³/mol. The average Bonchev–Trinajstić information content (AvgIpc) is 2.37. The number of nitrogens with zero attached hydrogens (tertiary/aromatic N) is 2. The van der Waals surface area contributed by atoms with E-state index in [-0.39, 0.29) is 22.2 Å². The number of hydrogen-bond acceptors (Lipinski definition) is 7. The highest BCUT2D eigenvalue weighted by Crippen LogP contribution is 2.22. The molecule has 0 aliphatic rings. The van der Waals surface area contributed by atoms with Crippen LogP contribution >= 0.6 is 0 Å². The second-order valence-corrected chi connectivity index (χ2v) is 6.33. The minimum atomic E-state index is -3.27. The fraction of sp³-hybridized carbons (Fsp3) is 0.0833. The van der Waals surface area contributed by atoms with E-state index in [1.54, 1.807) is 0 Å². The number of pyridine rings is 1. The maximum atomic E-state index is 11.3. The van der Waals surface area contributed by atoms with Crippen molar-refractivity contribution in [2.75, 3.05) is 17.3 Å². The molecular formula is C12H12N4O4S. The van der Waals surface area contributed by atoms with Crippen LogP contribution in [0.3, 0.4) is 0 Å². The molecule has 0 amide bonds. The topological polar surface area (TPSA) is 128 Å². The molecule has 21 heavy (non-hydrogen) atoms. The van der Waals surface area contributed by atoms with Gasteiger partial charge in [0.15, 0.2) is 9.84 Å². The Morgan fingerprint density at radius 1 is 1.24 bits per heavy atom. The van der Waals surface area contributed by atoms with Crippen LogP contribution in [-0.4, -0.2) is 24.6 Å². The van der Waals surface area contributed by atoms with Crippen molar-refractivity contribution < 1.29 is 13.3 Å². The van der Waals surface area contributed by atoms with Crippen molar-refractivity contribution in [1.29, 1.82) is 0 Å². The third kappa shape index (κ3) is 3.66. The number of sulfone groups is 1. The minimum Gasteiger partial charge on any atom is -0.383 e. The number of nitrogen functional groups attached to an aromatic ring is 1. The molecule has 2 aromatic rings. The highest BCUT2D eigenvalue weighted by molar-refractivity contribution is 7.90. The van der Waals surface area contributed by atoms with Crippen molar-refractivity contribution in [3.63, 3.8) is 0 Å². The summed E-state index contributed by atoms with van der Waals surface area (Å²) in [6, 6.07) is 8.32. The van der Waals surface area contributed by atoms with Crippen LogP contribution in [0.2, 0.25) is 0 Å². The highest BCUT2D eigenvalue weighted by Gasteiger charge is 2.11. The lowest BCUT2D eigenvalue weighted by molar-refractivity contribution is -0.384. The predicted octanol–water partition coefficient (Wildman–Crippen LogP) is 1.72. The standard InChI is InChI=1S/C12H12N4O4S/c1-21(19,20)10-4-2-8(3-5-10)14-12-7-9(16(17)18)6-11(13)15-12/h2-7H,1H3,(H3,13,14,15). The van der Waals surface area contributed by atoms with Crippen LogP contribution in [0.5, 0.6) is 0 Å². The Morgan fingerprint density at radius 3 is 2.38 bits per heavy atom. The second kappa shape index (κ2) is 5.37. The van der Waals surface area contributed by atoms with Gasteiger partial charge in [0, 0.05) is 11.9 Å². The Morgan fingerprint density at radius 2 is 1.86 bits per heavy atom. The normalized spacial score (nSPS) is 11.1. The number of hydrogen-bond donors (Lipinski definition) is 2. The zero-order valence-corrected chi connectivity index (χ0v) is 11.8. The first kappa shape index (κ1) is 14.7. The molecular weight excluding hydrogens is 296 g/mol. The zero-order chi connectivity index (χ0) is 15.6. The summed E-state index contributed by atoms with van der Waals surface area (Å²) >= 11 is 0. The Labute approximate surface area is 120 Å². The number of nitrogens with two attached hydrogens (primary N) is 1. The van der Waals surface area contributed by atoms with E-state index in [0.29, 0.717) is 5.69 Å². The van der Waals surface area contributed by atoms with Gasteiger partial charge < -0.3 is 11.1 Å². The van der Waals surface area contributed by atoms with Gasteiger partial charge in [-0.25, -0.2) is 13.4 Å². The van der Waals surface area contributed by atoms with Gasteiger partial charge in [0.25, 0.3) is 5.69 Å². The molecule has 0 unspecified atom stereocenters. The summed E-state index contributed by atoms with van der Waals surface area (Å²) in [4.78, 5) is 14.3. The molecule has 0 atom stereocenters. The lowest BCUT2D eigenvalue weighted by Crippen LogP contribution is -2.01. The number of aromatic nitrogens is 1. The maximum Gasteiger partial charge on any atom is 0.276 e. The van der Waals surface area contributed by atoms with Crippen molar-refractivity contribution in [2.24, 2.45) is 0 Å². The molecule has 3 N–H and O–H groups in total. The zero-order valence-electron chi connectivity index (χ0n) is 11.0. The summed E-state index contributed by atoms with van der Waals surface area (Å²) in [5, 5.41) is 13.6. The first-order valence-electron chi connectivity index (χ1n) is 5.75. The van der Waals surface area contributed by atoms with Gasteiger partial charge in [-0.1, -0.05) is 0 Å². The molecule has 2 rings (SSSR count). The Hall–Kier alpha value is -2.68. The minimum absolute atomic E-state index is 0.0134. The summed E-state index contributed by atoms with van der Waals surface area (Å²) in [6.45, 7) is 0. The Bertz CT molecular complexity index is 787. The van der Waals surface area contributed by atoms with Gasteiger partial charge in [-0.05, 0) is 24.3 Å². The van der Waals surface area contributed by atoms with Crippen molar-refractivity contribution in [3.05, 3.63) is 46.5 Å². The highest BCUT2D eigenvalue weighted by atomic mass is 32.2. The Kier molecular flexibility index (Phi) is 3.76. The number of benzene rings is 1. The molecule has 1 aromatic heterocycles. The van der Waals surface area contributed by atoms with Crippen LogP contribution in [-0.2, 0) is 9.84 Å². The van der Waals surface area contributed by atoms with Crippen LogP contribution in [0.4, 0.5) is 23.0 Å². The van der Waals surface area contributed by atoms with Crippen molar-refractivity contribution in [3.8, 4) is 0 Å². The third-order valence-corrected chi connectivity index (χ3v) is 3.72. The van der Waals surface area contributed by atoms with Crippen LogP contribution in [0.1, 0.15) is 0 Å². The number of rotatable bonds is 4. The van der Waals surface area contributed by atoms with Gasteiger partial charge in [0.1, 0.15) is 11.6 Å². The van der Waals surface area contributed by atoms with E-state index in [4.69, 9.17) is 5.73 Å². The molecule has 0 bridgehead atoms. The van der Waals surface area contributed by atoms with Gasteiger partial charge in [-0.2, -0.15) is 0 Å². The first-order chi connectivity index (χ1) is 9.75. The lowest BCUT2D eigenvalue weighted by Gasteiger charge is -2.07. The van der Waals surface area contributed by atoms with E-state index in [1.165, 1.54) is 30.3 Å². The first-order valence-corrected chi connectivity index (χ1v) is 7.64. The van der Waals surface area contributed by atoms with Gasteiger partial charge >= 0.3 is 0 Å². The molecule has 0 aliphatic carbocycles. The second-order valence-electron chi connectivity index (χ2n) is 4.31. The molecule has 0 saturated heterocycles. The van der Waals surface area contributed by atoms with Crippen LogP contribution in [0.25, 0.3) is 0 Å². The van der Waals surface area contributed by atoms with Crippen molar-refractivity contribution in [2.45, 2.75) is 4.90 Å². The summed E-state index contributed by atoms with van der Waals surface area (Å²) in [7, 11) is -3.27. The monoisotopic (exact) mass is 308 g/mol. The number of nitrogens with one attached hydrogen (secondary N) is 1.